The number of nitrogens with zero attached hydrogens (tertiary/aromatic N) is 5. The van der Waals surface area contributed by atoms with E-state index >= 15 is 0 Å². The van der Waals surface area contributed by atoms with Crippen molar-refractivity contribution in [3.8, 4) is 11.4 Å². The summed E-state index contributed by atoms with van der Waals surface area (Å²) in [5.74, 6) is 1.37. The Morgan fingerprint density at radius 2 is 2.03 bits per heavy atom. The molecule has 1 saturated heterocycles. The first-order chi connectivity index (χ1) is 14.9. The minimum absolute atomic E-state index is 0.0116. The number of piperidine rings is 1. The largest absolute Gasteiger partial charge is 0.341 e. The maximum absolute atomic E-state index is 12.8. The Labute approximate surface area is 180 Å². The van der Waals surface area contributed by atoms with Crippen LogP contribution in [0.2, 0.25) is 0 Å². The number of likely N-dealkylation sites (tertiary alicyclic amines) is 1. The average Bonchev–Trinajstić information content (AvgIpc) is 3.22. The van der Waals surface area contributed by atoms with Gasteiger partial charge in [-0.1, -0.05) is 29.4 Å². The van der Waals surface area contributed by atoms with Gasteiger partial charge in [-0.25, -0.2) is 4.98 Å². The number of rotatable bonds is 5. The number of carbonyl (C=O) groups is 1. The van der Waals surface area contributed by atoms with E-state index in [1.54, 1.807) is 13.8 Å². The van der Waals surface area contributed by atoms with Gasteiger partial charge in [0.25, 0.3) is 5.56 Å². The van der Waals surface area contributed by atoms with Crippen molar-refractivity contribution < 1.29 is 9.32 Å². The summed E-state index contributed by atoms with van der Waals surface area (Å²) in [6, 6.07) is 7.94. The van der Waals surface area contributed by atoms with Crippen LogP contribution in [0.4, 0.5) is 0 Å². The summed E-state index contributed by atoms with van der Waals surface area (Å²) in [4.78, 5) is 35.8. The average molecular weight is 422 g/mol. The number of hydrogen-bond donors (Lipinski definition) is 0. The van der Waals surface area contributed by atoms with Crippen molar-refractivity contribution in [2.45, 2.75) is 46.6 Å². The van der Waals surface area contributed by atoms with Crippen molar-refractivity contribution in [2.75, 3.05) is 13.1 Å². The van der Waals surface area contributed by atoms with E-state index in [2.05, 4.69) is 15.1 Å². The fraction of sp³-hybridized carbons (Fsp3) is 0.435. The summed E-state index contributed by atoms with van der Waals surface area (Å²) in [5, 5.41) is 4.14. The van der Waals surface area contributed by atoms with Gasteiger partial charge in [0.2, 0.25) is 17.6 Å². The monoisotopic (exact) mass is 421 g/mol. The minimum Gasteiger partial charge on any atom is -0.341 e. The van der Waals surface area contributed by atoms with Gasteiger partial charge < -0.3 is 9.42 Å². The van der Waals surface area contributed by atoms with Gasteiger partial charge in [-0.05, 0) is 45.1 Å². The molecule has 8 heteroatoms. The first kappa shape index (κ1) is 21.0. The van der Waals surface area contributed by atoms with Gasteiger partial charge >= 0.3 is 0 Å². The molecule has 31 heavy (non-hydrogen) atoms. The lowest BCUT2D eigenvalue weighted by Gasteiger charge is -2.32. The molecule has 8 nitrogen and oxygen atoms in total. The molecule has 3 aromatic rings. The van der Waals surface area contributed by atoms with Crippen LogP contribution in [0, 0.1) is 26.7 Å². The number of amides is 1. The zero-order chi connectivity index (χ0) is 22.0. The van der Waals surface area contributed by atoms with Crippen molar-refractivity contribution in [1.82, 2.24) is 24.6 Å². The van der Waals surface area contributed by atoms with E-state index in [9.17, 15) is 9.59 Å². The minimum atomic E-state index is -0.163. The Morgan fingerprint density at radius 3 is 2.84 bits per heavy atom. The maximum Gasteiger partial charge on any atom is 0.256 e. The highest BCUT2D eigenvalue weighted by atomic mass is 16.5. The van der Waals surface area contributed by atoms with Crippen LogP contribution in [0.1, 0.15) is 35.6 Å². The van der Waals surface area contributed by atoms with Crippen LogP contribution in [-0.2, 0) is 17.8 Å². The fourth-order valence-corrected chi connectivity index (χ4v) is 4.01. The summed E-state index contributed by atoms with van der Waals surface area (Å²) in [5.41, 5.74) is 3.17. The van der Waals surface area contributed by atoms with Crippen LogP contribution in [0.3, 0.4) is 0 Å². The second kappa shape index (κ2) is 8.83. The van der Waals surface area contributed by atoms with Crippen LogP contribution in [-0.4, -0.2) is 43.6 Å². The molecular weight excluding hydrogens is 394 g/mol. The Balaban J connectivity index is 1.40. The third kappa shape index (κ3) is 4.57. The molecule has 0 N–H and O–H groups in total. The lowest BCUT2D eigenvalue weighted by Crippen LogP contribution is -2.43. The quantitative estimate of drug-likeness (QED) is 0.629. The van der Waals surface area contributed by atoms with Gasteiger partial charge in [-0.15, -0.1) is 0 Å². The van der Waals surface area contributed by atoms with Crippen molar-refractivity contribution in [2.24, 2.45) is 5.92 Å². The van der Waals surface area contributed by atoms with Gasteiger partial charge in [0.15, 0.2) is 0 Å². The number of aryl methyl sites for hydroxylation is 2. The second-order valence-corrected chi connectivity index (χ2v) is 8.27. The third-order valence-corrected chi connectivity index (χ3v) is 6.01. The highest BCUT2D eigenvalue weighted by molar-refractivity contribution is 5.76. The molecule has 3 heterocycles. The molecule has 2 aromatic heterocycles. The summed E-state index contributed by atoms with van der Waals surface area (Å²) in [6.07, 6.45) is 4.00. The lowest BCUT2D eigenvalue weighted by atomic mass is 9.94. The molecule has 0 aliphatic carbocycles. The Morgan fingerprint density at radius 1 is 1.23 bits per heavy atom. The Kier molecular flexibility index (Phi) is 5.97. The van der Waals surface area contributed by atoms with Gasteiger partial charge in [0.1, 0.15) is 6.54 Å². The molecule has 1 aromatic carbocycles. The zero-order valence-corrected chi connectivity index (χ0v) is 18.2. The standard InChI is InChI=1S/C23H27N5O3/c1-15-7-4-5-9-19(15)22-25-20(31-26-22)11-18-8-6-10-27(12-18)21(29)13-28-14-24-17(3)16(2)23(28)30/h4-5,7,9,14,18H,6,8,10-13H2,1-3H3/t18-/m1/s1. The zero-order valence-electron chi connectivity index (χ0n) is 18.2. The third-order valence-electron chi connectivity index (χ3n) is 6.01. The molecule has 0 saturated carbocycles. The van der Waals surface area contributed by atoms with Crippen LogP contribution < -0.4 is 5.56 Å². The summed E-state index contributed by atoms with van der Waals surface area (Å²) in [7, 11) is 0. The van der Waals surface area contributed by atoms with E-state index < -0.39 is 0 Å². The number of aromatic nitrogens is 4. The highest BCUT2D eigenvalue weighted by Crippen LogP contribution is 2.24. The van der Waals surface area contributed by atoms with Crippen LogP contribution >= 0.6 is 0 Å². The van der Waals surface area contributed by atoms with Crippen LogP contribution in [0.25, 0.3) is 11.4 Å². The molecule has 1 amide bonds. The van der Waals surface area contributed by atoms with E-state index in [4.69, 9.17) is 4.52 Å². The smallest absolute Gasteiger partial charge is 0.256 e. The van der Waals surface area contributed by atoms with Crippen LogP contribution in [0.5, 0.6) is 0 Å². The van der Waals surface area contributed by atoms with Crippen molar-refractivity contribution in [1.29, 1.82) is 0 Å². The fourth-order valence-electron chi connectivity index (χ4n) is 4.01. The first-order valence-electron chi connectivity index (χ1n) is 10.6. The molecule has 1 aliphatic heterocycles. The second-order valence-electron chi connectivity index (χ2n) is 8.27. The van der Waals surface area contributed by atoms with Gasteiger partial charge in [-0.2, -0.15) is 4.98 Å². The lowest BCUT2D eigenvalue weighted by molar-refractivity contribution is -0.133. The van der Waals surface area contributed by atoms with E-state index in [1.165, 1.54) is 10.9 Å². The number of hydrogen-bond acceptors (Lipinski definition) is 6. The van der Waals surface area contributed by atoms with E-state index in [1.807, 2.05) is 36.1 Å². The molecule has 4 rings (SSSR count). The van der Waals surface area contributed by atoms with Gasteiger partial charge in [0, 0.05) is 36.3 Å². The topological polar surface area (TPSA) is 94.1 Å². The van der Waals surface area contributed by atoms with Crippen LogP contribution in [0.15, 0.2) is 39.9 Å². The van der Waals surface area contributed by atoms with E-state index in [-0.39, 0.29) is 23.9 Å². The molecule has 1 atom stereocenters. The maximum atomic E-state index is 12.8. The molecule has 0 bridgehead atoms. The van der Waals surface area contributed by atoms with Crippen molar-refractivity contribution in [3.63, 3.8) is 0 Å². The van der Waals surface area contributed by atoms with Gasteiger partial charge in [0.05, 0.1) is 6.33 Å². The predicted octanol–water partition coefficient (Wildman–Crippen LogP) is 2.70. The number of carbonyl (C=O) groups excluding carboxylic acids is 1. The number of benzene rings is 1. The molecule has 162 valence electrons. The summed E-state index contributed by atoms with van der Waals surface area (Å²) in [6.45, 7) is 6.87. The molecule has 0 unspecified atom stereocenters. The summed E-state index contributed by atoms with van der Waals surface area (Å²) < 4.78 is 6.88. The Bertz CT molecular complexity index is 1150. The van der Waals surface area contributed by atoms with E-state index in [0.717, 1.165) is 24.0 Å². The van der Waals surface area contributed by atoms with Gasteiger partial charge in [-0.3, -0.25) is 14.2 Å². The van der Waals surface area contributed by atoms with Crippen molar-refractivity contribution >= 4 is 5.91 Å². The molecule has 1 aliphatic rings. The molecule has 0 spiro atoms. The summed E-state index contributed by atoms with van der Waals surface area (Å²) >= 11 is 0. The van der Waals surface area contributed by atoms with E-state index in [0.29, 0.717) is 42.5 Å². The molecule has 0 radical (unpaired) electrons. The SMILES string of the molecule is Cc1ccccc1-c1noc(C[C@H]2CCCN(C(=O)Cn3cnc(C)c(C)c3=O)C2)n1. The highest BCUT2D eigenvalue weighted by Gasteiger charge is 2.26. The first-order valence-corrected chi connectivity index (χ1v) is 10.6. The normalized spacial score (nSPS) is 16.5. The molecular formula is C23H27N5O3. The molecule has 1 fully saturated rings. The Hall–Kier alpha value is -3.29. The van der Waals surface area contributed by atoms with Crippen molar-refractivity contribution in [3.05, 3.63) is 63.7 Å². The predicted molar refractivity (Wildman–Crippen MR) is 115 cm³/mol.